The van der Waals surface area contributed by atoms with E-state index >= 15 is 0 Å². The summed E-state index contributed by atoms with van der Waals surface area (Å²) in [5.41, 5.74) is 10.7. The standard InChI is InChI=1S/C37H52N6O4/c1-26-22-28(23-27(2)34(26)38)25-43(36(46)47)20-13-32(42-19-12-31-6-4-5-7-33(31)39-35(42)45)24-37(43,14-21-44)41-17-10-30(11-18-41)29-8-15-40(3)16-9-29/h4-7,21-23,29-30,32H,8-20,24-25,38H2,1-3H3,(H-,39,45,46,47)/p+1/t32?,37?,43-/m0/s1. The van der Waals surface area contributed by atoms with Crippen molar-refractivity contribution >= 4 is 29.8 Å². The van der Waals surface area contributed by atoms with E-state index in [2.05, 4.69) is 22.2 Å². The van der Waals surface area contributed by atoms with Gasteiger partial charge in [-0.1, -0.05) is 18.2 Å². The largest absolute Gasteiger partial charge is 0.515 e. The number of aldehydes is 1. The Balaban J connectivity index is 1.36. The van der Waals surface area contributed by atoms with Gasteiger partial charge in [0.05, 0.1) is 13.0 Å². The third-order valence-electron chi connectivity index (χ3n) is 12.2. The molecule has 2 unspecified atom stereocenters. The average molecular weight is 646 g/mol. The molecular weight excluding hydrogens is 592 g/mol. The summed E-state index contributed by atoms with van der Waals surface area (Å²) >= 11 is 0. The van der Waals surface area contributed by atoms with E-state index in [1.165, 1.54) is 12.8 Å². The number of rotatable bonds is 7. The highest BCUT2D eigenvalue weighted by Gasteiger charge is 2.64. The Kier molecular flexibility index (Phi) is 9.65. The monoisotopic (exact) mass is 645 g/mol. The van der Waals surface area contributed by atoms with E-state index in [1.54, 1.807) is 0 Å². The summed E-state index contributed by atoms with van der Waals surface area (Å²) in [5, 5.41) is 14.5. The van der Waals surface area contributed by atoms with Gasteiger partial charge >= 0.3 is 12.1 Å². The number of quaternary nitrogens is 1. The summed E-state index contributed by atoms with van der Waals surface area (Å²) < 4.78 is -0.250. The van der Waals surface area contributed by atoms with Crippen molar-refractivity contribution in [2.24, 2.45) is 11.8 Å². The van der Waals surface area contributed by atoms with Gasteiger partial charge in [0.2, 0.25) is 0 Å². The number of para-hydroxylation sites is 1. The second-order valence-corrected chi connectivity index (χ2v) is 14.8. The molecule has 3 amide bonds. The first-order chi connectivity index (χ1) is 22.6. The van der Waals surface area contributed by atoms with Gasteiger partial charge in [0.15, 0.2) is 5.66 Å². The van der Waals surface area contributed by atoms with Crippen molar-refractivity contribution in [3.63, 3.8) is 0 Å². The first-order valence-corrected chi connectivity index (χ1v) is 17.6. The molecule has 10 heteroatoms. The number of carbonyl (C=O) groups is 3. The fourth-order valence-electron chi connectivity index (χ4n) is 9.48. The highest BCUT2D eigenvalue weighted by molar-refractivity contribution is 5.91. The molecule has 47 heavy (non-hydrogen) atoms. The number of nitrogens with one attached hydrogen (secondary N) is 1. The summed E-state index contributed by atoms with van der Waals surface area (Å²) in [5.74, 6) is 1.30. The van der Waals surface area contributed by atoms with Gasteiger partial charge in [-0.25, -0.2) is 9.28 Å². The lowest BCUT2D eigenvalue weighted by atomic mass is 9.76. The molecular formula is C37H53N6O4+. The van der Waals surface area contributed by atoms with Crippen LogP contribution in [-0.2, 0) is 17.8 Å². The fourth-order valence-corrected chi connectivity index (χ4v) is 9.48. The third kappa shape index (κ3) is 6.27. The van der Waals surface area contributed by atoms with Gasteiger partial charge in [0, 0.05) is 55.5 Å². The number of hydrogen-bond donors (Lipinski definition) is 3. The normalized spacial score (nSPS) is 28.4. The molecule has 4 aliphatic rings. The Hall–Kier alpha value is -3.47. The van der Waals surface area contributed by atoms with E-state index in [0.717, 1.165) is 85.4 Å². The zero-order valence-electron chi connectivity index (χ0n) is 28.4. The molecule has 0 saturated carbocycles. The highest BCUT2D eigenvalue weighted by atomic mass is 16.4. The topological polar surface area (TPSA) is 119 Å². The molecule has 6 rings (SSSR count). The minimum Gasteiger partial charge on any atom is -0.435 e. The zero-order chi connectivity index (χ0) is 33.3. The number of carboxylic acid groups (broad SMARTS) is 1. The SMILES string of the molecule is Cc1cc(C[N@+]2(C(=O)O)CCC(N3CCc4ccccc4NC3=O)CC2(CC=O)N2CCC(C3CCN(C)CC3)CC2)cc(C)c1N. The van der Waals surface area contributed by atoms with Gasteiger partial charge in [-0.15, -0.1) is 0 Å². The molecule has 4 aliphatic heterocycles. The number of hydrogen-bond acceptors (Lipinski definition) is 6. The van der Waals surface area contributed by atoms with E-state index in [1.807, 2.05) is 55.1 Å². The number of amides is 3. The van der Waals surface area contributed by atoms with E-state index in [4.69, 9.17) is 5.73 Å². The molecule has 10 nitrogen and oxygen atoms in total. The van der Waals surface area contributed by atoms with Crippen LogP contribution in [0.25, 0.3) is 0 Å². The van der Waals surface area contributed by atoms with Gasteiger partial charge < -0.3 is 30.8 Å². The van der Waals surface area contributed by atoms with Crippen LogP contribution in [0, 0.1) is 25.7 Å². The molecule has 3 fully saturated rings. The van der Waals surface area contributed by atoms with Crippen LogP contribution < -0.4 is 11.1 Å². The zero-order valence-corrected chi connectivity index (χ0v) is 28.4. The van der Waals surface area contributed by atoms with Crippen molar-refractivity contribution in [2.45, 2.75) is 83.5 Å². The van der Waals surface area contributed by atoms with Gasteiger partial charge in [-0.05, 0) is 113 Å². The number of aryl methyl sites for hydroxylation is 2. The molecule has 254 valence electrons. The predicted octanol–water partition coefficient (Wildman–Crippen LogP) is 5.47. The van der Waals surface area contributed by atoms with E-state index in [9.17, 15) is 19.5 Å². The number of likely N-dealkylation sites (tertiary alicyclic amines) is 3. The Morgan fingerprint density at radius 1 is 1.02 bits per heavy atom. The molecule has 3 atom stereocenters. The summed E-state index contributed by atoms with van der Waals surface area (Å²) in [6, 6.07) is 11.6. The minimum absolute atomic E-state index is 0.0946. The number of urea groups is 1. The number of benzene rings is 2. The number of nitrogens with two attached hydrogens (primary N) is 1. The second-order valence-electron chi connectivity index (χ2n) is 14.8. The van der Waals surface area contributed by atoms with Crippen molar-refractivity contribution < 1.29 is 24.0 Å². The van der Waals surface area contributed by atoms with Crippen molar-refractivity contribution in [3.05, 3.63) is 58.7 Å². The third-order valence-corrected chi connectivity index (χ3v) is 12.2. The molecule has 0 aliphatic carbocycles. The number of nitrogen functional groups attached to an aromatic ring is 1. The number of fused-ring (bicyclic) bond motifs is 1. The van der Waals surface area contributed by atoms with E-state index in [-0.39, 0.29) is 29.5 Å². The van der Waals surface area contributed by atoms with E-state index in [0.29, 0.717) is 37.8 Å². The van der Waals surface area contributed by atoms with Gasteiger partial charge in [0.1, 0.15) is 12.8 Å². The van der Waals surface area contributed by atoms with Crippen LogP contribution in [0.4, 0.5) is 21.0 Å². The molecule has 0 radical (unpaired) electrons. The molecule has 4 N–H and O–H groups in total. The lowest BCUT2D eigenvalue weighted by Gasteiger charge is -2.59. The van der Waals surface area contributed by atoms with Crippen molar-refractivity contribution in [3.8, 4) is 0 Å². The van der Waals surface area contributed by atoms with Gasteiger partial charge in [-0.2, -0.15) is 4.79 Å². The Morgan fingerprint density at radius 2 is 1.66 bits per heavy atom. The lowest BCUT2D eigenvalue weighted by Crippen LogP contribution is -2.78. The van der Waals surface area contributed by atoms with Crippen LogP contribution in [-0.4, -0.2) is 101 Å². The van der Waals surface area contributed by atoms with Gasteiger partial charge in [0.25, 0.3) is 0 Å². The van der Waals surface area contributed by atoms with Crippen LogP contribution in [0.1, 0.15) is 67.2 Å². The number of anilines is 2. The maximum absolute atomic E-state index is 13.9. The smallest absolute Gasteiger partial charge is 0.435 e. The Bertz CT molecular complexity index is 1460. The maximum atomic E-state index is 13.9. The van der Waals surface area contributed by atoms with E-state index < -0.39 is 11.8 Å². The van der Waals surface area contributed by atoms with Crippen molar-refractivity contribution in [2.75, 3.05) is 57.4 Å². The van der Waals surface area contributed by atoms with Crippen LogP contribution in [0.2, 0.25) is 0 Å². The summed E-state index contributed by atoms with van der Waals surface area (Å²) in [6.45, 7) is 8.81. The fraction of sp³-hybridized carbons (Fsp3) is 0.595. The van der Waals surface area contributed by atoms with Crippen molar-refractivity contribution in [1.82, 2.24) is 14.7 Å². The number of carbonyl (C=O) groups excluding carboxylic acids is 2. The van der Waals surface area contributed by atoms with Crippen LogP contribution in [0.15, 0.2) is 36.4 Å². The molecule has 2 aromatic rings. The molecule has 2 aromatic carbocycles. The highest BCUT2D eigenvalue weighted by Crippen LogP contribution is 2.47. The molecule has 0 bridgehead atoms. The molecule has 0 aromatic heterocycles. The molecule has 4 heterocycles. The van der Waals surface area contributed by atoms with Gasteiger partial charge in [-0.3, -0.25) is 4.90 Å². The first kappa shape index (κ1) is 33.4. The quantitative estimate of drug-likeness (QED) is 0.208. The molecule has 3 saturated heterocycles. The predicted molar refractivity (Wildman–Crippen MR) is 184 cm³/mol. The Labute approximate surface area is 279 Å². The first-order valence-electron chi connectivity index (χ1n) is 17.6. The average Bonchev–Trinajstić information content (AvgIpc) is 3.23. The molecule has 0 spiro atoms. The number of piperidine rings is 3. The lowest BCUT2D eigenvalue weighted by molar-refractivity contribution is -0.942. The minimum atomic E-state index is -1.00. The summed E-state index contributed by atoms with van der Waals surface area (Å²) in [4.78, 5) is 47.1. The second kappa shape index (κ2) is 13.6. The summed E-state index contributed by atoms with van der Waals surface area (Å²) in [6.07, 6.45) is 6.21. The number of nitrogens with zero attached hydrogens (tertiary/aromatic N) is 4. The Morgan fingerprint density at radius 3 is 2.30 bits per heavy atom. The van der Waals surface area contributed by atoms with Crippen LogP contribution in [0.3, 0.4) is 0 Å². The van der Waals surface area contributed by atoms with Crippen LogP contribution in [0.5, 0.6) is 0 Å². The maximum Gasteiger partial charge on any atom is 0.515 e. The van der Waals surface area contributed by atoms with Crippen molar-refractivity contribution in [1.29, 1.82) is 0 Å². The van der Waals surface area contributed by atoms with Crippen LogP contribution >= 0.6 is 0 Å². The summed E-state index contributed by atoms with van der Waals surface area (Å²) in [7, 11) is 2.19.